The van der Waals surface area contributed by atoms with Crippen LogP contribution in [0.1, 0.15) is 11.6 Å². The third-order valence-electron chi connectivity index (χ3n) is 2.47. The van der Waals surface area contributed by atoms with E-state index in [1.807, 2.05) is 18.2 Å². The predicted octanol–water partition coefficient (Wildman–Crippen LogP) is 1.62. The smallest absolute Gasteiger partial charge is 0.407 e. The van der Waals surface area contributed by atoms with Crippen LogP contribution in [0.3, 0.4) is 0 Å². The van der Waals surface area contributed by atoms with Gasteiger partial charge in [-0.3, -0.25) is 0 Å². The highest BCUT2D eigenvalue weighted by atomic mass is 35.5. The van der Waals surface area contributed by atoms with Gasteiger partial charge >= 0.3 is 6.09 Å². The molecule has 86 valence electrons. The maximum atomic E-state index is 10.9. The maximum Gasteiger partial charge on any atom is 0.407 e. The van der Waals surface area contributed by atoms with Crippen LogP contribution in [0.2, 0.25) is 0 Å². The van der Waals surface area contributed by atoms with Gasteiger partial charge in [-0.25, -0.2) is 4.79 Å². The molecule has 0 spiro atoms. The number of rotatable bonds is 1. The first-order chi connectivity index (χ1) is 7.33. The normalized spacial score (nSPS) is 21.0. The van der Waals surface area contributed by atoms with Gasteiger partial charge in [-0.05, 0) is 17.7 Å². The van der Waals surface area contributed by atoms with Gasteiger partial charge in [0.25, 0.3) is 0 Å². The summed E-state index contributed by atoms with van der Waals surface area (Å²) in [6.45, 7) is 0.616. The van der Waals surface area contributed by atoms with Crippen LogP contribution in [-0.4, -0.2) is 19.5 Å². The van der Waals surface area contributed by atoms with Gasteiger partial charge in [0.05, 0.1) is 6.04 Å². The average Bonchev–Trinajstić information content (AvgIpc) is 2.84. The first kappa shape index (κ1) is 10.9. The van der Waals surface area contributed by atoms with Crippen molar-refractivity contribution in [2.45, 2.75) is 6.04 Å². The Morgan fingerprint density at radius 1 is 1.19 bits per heavy atom. The number of hydrogen-bond donors (Lipinski definition) is 1. The van der Waals surface area contributed by atoms with E-state index in [9.17, 15) is 4.79 Å². The lowest BCUT2D eigenvalue weighted by Gasteiger charge is -2.07. The Morgan fingerprint density at radius 2 is 2.00 bits per heavy atom. The summed E-state index contributed by atoms with van der Waals surface area (Å²) in [7, 11) is 0. The number of ether oxygens (including phenoxy) is 3. The van der Waals surface area contributed by atoms with Gasteiger partial charge in [0.15, 0.2) is 11.5 Å². The molecular formula is C10H10ClNO4. The number of benzene rings is 1. The predicted molar refractivity (Wildman–Crippen MR) is 57.0 cm³/mol. The summed E-state index contributed by atoms with van der Waals surface area (Å²) < 4.78 is 15.3. The van der Waals surface area contributed by atoms with E-state index in [1.54, 1.807) is 0 Å². The summed E-state index contributed by atoms with van der Waals surface area (Å²) in [6, 6.07) is 5.50. The molecule has 1 fully saturated rings. The molecule has 0 unspecified atom stereocenters. The van der Waals surface area contributed by atoms with Gasteiger partial charge in [0.1, 0.15) is 6.61 Å². The van der Waals surface area contributed by atoms with Gasteiger partial charge in [0, 0.05) is 0 Å². The van der Waals surface area contributed by atoms with Crippen molar-refractivity contribution in [3.8, 4) is 11.5 Å². The number of nitrogens with one attached hydrogen (secondary N) is 1. The molecule has 0 bridgehead atoms. The number of carbonyl (C=O) groups is 1. The van der Waals surface area contributed by atoms with Crippen LogP contribution >= 0.6 is 12.4 Å². The Labute approximate surface area is 98.1 Å². The van der Waals surface area contributed by atoms with E-state index in [-0.39, 0.29) is 31.3 Å². The lowest BCUT2D eigenvalue weighted by molar-refractivity contribution is 0.174. The molecule has 1 atom stereocenters. The van der Waals surface area contributed by atoms with Crippen molar-refractivity contribution >= 4 is 18.5 Å². The zero-order chi connectivity index (χ0) is 10.3. The highest BCUT2D eigenvalue weighted by Crippen LogP contribution is 2.34. The van der Waals surface area contributed by atoms with Crippen molar-refractivity contribution < 1.29 is 19.0 Å². The van der Waals surface area contributed by atoms with Gasteiger partial charge in [-0.2, -0.15) is 0 Å². The van der Waals surface area contributed by atoms with Gasteiger partial charge in [-0.15, -0.1) is 12.4 Å². The van der Waals surface area contributed by atoms with Crippen LogP contribution in [-0.2, 0) is 4.74 Å². The molecule has 3 rings (SSSR count). The van der Waals surface area contributed by atoms with Crippen molar-refractivity contribution in [1.82, 2.24) is 5.32 Å². The van der Waals surface area contributed by atoms with E-state index < -0.39 is 0 Å². The number of hydrogen-bond acceptors (Lipinski definition) is 4. The van der Waals surface area contributed by atoms with Crippen LogP contribution in [0.5, 0.6) is 11.5 Å². The lowest BCUT2D eigenvalue weighted by Crippen LogP contribution is -2.18. The number of cyclic esters (lactones) is 1. The minimum Gasteiger partial charge on any atom is -0.454 e. The Kier molecular flexibility index (Phi) is 2.78. The Balaban J connectivity index is 0.000000963. The first-order valence-corrected chi connectivity index (χ1v) is 4.66. The van der Waals surface area contributed by atoms with Crippen LogP contribution < -0.4 is 14.8 Å². The van der Waals surface area contributed by atoms with Crippen molar-refractivity contribution in [1.29, 1.82) is 0 Å². The summed E-state index contributed by atoms with van der Waals surface area (Å²) in [5.74, 6) is 1.46. The number of alkyl carbamates (subject to hydrolysis) is 1. The summed E-state index contributed by atoms with van der Waals surface area (Å²) in [5, 5.41) is 2.70. The fourth-order valence-electron chi connectivity index (χ4n) is 1.69. The van der Waals surface area contributed by atoms with Crippen LogP contribution in [0.4, 0.5) is 4.79 Å². The Bertz CT molecular complexity index is 423. The highest BCUT2D eigenvalue weighted by molar-refractivity contribution is 5.85. The van der Waals surface area contributed by atoms with Gasteiger partial charge in [-0.1, -0.05) is 6.07 Å². The molecule has 1 N–H and O–H groups in total. The second-order valence-corrected chi connectivity index (χ2v) is 3.41. The number of carbonyl (C=O) groups excluding carboxylic acids is 1. The average molecular weight is 244 g/mol. The minimum atomic E-state index is -0.377. The molecule has 2 aliphatic rings. The van der Waals surface area contributed by atoms with Gasteiger partial charge < -0.3 is 19.5 Å². The zero-order valence-electron chi connectivity index (χ0n) is 8.26. The molecule has 2 heterocycles. The molecule has 1 amide bonds. The Hall–Kier alpha value is -1.62. The fraction of sp³-hybridized carbons (Fsp3) is 0.300. The van der Waals surface area contributed by atoms with Crippen LogP contribution in [0, 0.1) is 0 Å². The Morgan fingerprint density at radius 3 is 2.75 bits per heavy atom. The summed E-state index contributed by atoms with van der Waals surface area (Å²) >= 11 is 0. The zero-order valence-corrected chi connectivity index (χ0v) is 9.08. The van der Waals surface area contributed by atoms with Crippen LogP contribution in [0.15, 0.2) is 18.2 Å². The topological polar surface area (TPSA) is 56.8 Å². The van der Waals surface area contributed by atoms with Gasteiger partial charge in [0.2, 0.25) is 6.79 Å². The molecular weight excluding hydrogens is 234 g/mol. The SMILES string of the molecule is Cl.O=C1N[C@@H](c2ccc3c(c2)OCO3)CO1. The molecule has 16 heavy (non-hydrogen) atoms. The molecule has 0 aliphatic carbocycles. The number of fused-ring (bicyclic) bond motifs is 1. The highest BCUT2D eigenvalue weighted by Gasteiger charge is 2.25. The standard InChI is InChI=1S/C10H9NO4.ClH/c12-10-11-7(4-13-10)6-1-2-8-9(3-6)15-5-14-8;/h1-3,7H,4-5H2,(H,11,12);1H/t7-;/m1./s1. The monoisotopic (exact) mass is 243 g/mol. The second-order valence-electron chi connectivity index (χ2n) is 3.41. The van der Waals surface area contributed by atoms with Crippen molar-refractivity contribution in [2.75, 3.05) is 13.4 Å². The molecule has 1 saturated heterocycles. The quantitative estimate of drug-likeness (QED) is 0.814. The maximum absolute atomic E-state index is 10.9. The second kappa shape index (κ2) is 4.09. The molecule has 2 aliphatic heterocycles. The molecule has 0 aromatic heterocycles. The van der Waals surface area contributed by atoms with E-state index in [0.29, 0.717) is 12.4 Å². The van der Waals surface area contributed by atoms with E-state index in [1.165, 1.54) is 0 Å². The van der Waals surface area contributed by atoms with E-state index in [4.69, 9.17) is 14.2 Å². The largest absolute Gasteiger partial charge is 0.454 e. The summed E-state index contributed by atoms with van der Waals surface area (Å²) in [5.41, 5.74) is 0.963. The molecule has 5 nitrogen and oxygen atoms in total. The first-order valence-electron chi connectivity index (χ1n) is 4.66. The summed E-state index contributed by atoms with van der Waals surface area (Å²) in [4.78, 5) is 10.9. The molecule has 6 heteroatoms. The molecule has 1 aromatic rings. The molecule has 0 saturated carbocycles. The van der Waals surface area contributed by atoms with E-state index in [2.05, 4.69) is 5.32 Å². The van der Waals surface area contributed by atoms with Crippen molar-refractivity contribution in [3.05, 3.63) is 23.8 Å². The molecule has 0 radical (unpaired) electrons. The van der Waals surface area contributed by atoms with Crippen molar-refractivity contribution in [3.63, 3.8) is 0 Å². The van der Waals surface area contributed by atoms with E-state index >= 15 is 0 Å². The number of amides is 1. The fourth-order valence-corrected chi connectivity index (χ4v) is 1.69. The van der Waals surface area contributed by atoms with Crippen molar-refractivity contribution in [2.24, 2.45) is 0 Å². The molecule has 1 aromatic carbocycles. The number of halogens is 1. The third kappa shape index (κ3) is 1.74. The van der Waals surface area contributed by atoms with Crippen LogP contribution in [0.25, 0.3) is 0 Å². The lowest BCUT2D eigenvalue weighted by atomic mass is 10.1. The van der Waals surface area contributed by atoms with E-state index in [0.717, 1.165) is 11.3 Å². The minimum absolute atomic E-state index is 0. The summed E-state index contributed by atoms with van der Waals surface area (Å²) in [6.07, 6.45) is -0.377. The third-order valence-corrected chi connectivity index (χ3v) is 2.47.